The van der Waals surface area contributed by atoms with Crippen LogP contribution in [0.15, 0.2) is 54.1 Å². The number of hydrogen-bond acceptors (Lipinski definition) is 3. The monoisotopic (exact) mass is 431 g/mol. The number of allylic oxidation sites excluding steroid dienone is 1. The lowest BCUT2D eigenvalue weighted by Gasteiger charge is -2.14. The Hall–Kier alpha value is -3.34. The number of carboxylic acids is 1. The SMILES string of the molecule is CCCCc1c(C2=C(C(=O)OC)CCC2)c2ccc(C(=O)O)cc2n1Cc1ccccc1. The summed E-state index contributed by atoms with van der Waals surface area (Å²) < 4.78 is 7.34. The number of esters is 1. The van der Waals surface area contributed by atoms with Gasteiger partial charge in [-0.25, -0.2) is 9.59 Å². The summed E-state index contributed by atoms with van der Waals surface area (Å²) in [5.41, 5.74) is 6.41. The fourth-order valence-corrected chi connectivity index (χ4v) is 4.79. The predicted octanol–water partition coefficient (Wildman–Crippen LogP) is 5.84. The lowest BCUT2D eigenvalue weighted by Crippen LogP contribution is -2.08. The third-order valence-corrected chi connectivity index (χ3v) is 6.32. The molecule has 3 aromatic rings. The highest BCUT2D eigenvalue weighted by atomic mass is 16.5. The van der Waals surface area contributed by atoms with E-state index in [-0.39, 0.29) is 11.5 Å². The van der Waals surface area contributed by atoms with E-state index in [4.69, 9.17) is 4.74 Å². The first-order chi connectivity index (χ1) is 15.5. The number of nitrogens with zero attached hydrogens (tertiary/aromatic N) is 1. The molecular formula is C27H29NO4. The van der Waals surface area contributed by atoms with Crippen molar-refractivity contribution in [3.8, 4) is 0 Å². The molecule has 0 radical (unpaired) electrons. The Morgan fingerprint density at radius 1 is 1.09 bits per heavy atom. The number of aromatic nitrogens is 1. The zero-order chi connectivity index (χ0) is 22.7. The van der Waals surface area contributed by atoms with Crippen molar-refractivity contribution in [1.29, 1.82) is 0 Å². The highest BCUT2D eigenvalue weighted by Crippen LogP contribution is 2.42. The van der Waals surface area contributed by atoms with Crippen molar-refractivity contribution < 1.29 is 19.4 Å². The van der Waals surface area contributed by atoms with Gasteiger partial charge in [-0.2, -0.15) is 0 Å². The molecule has 0 saturated carbocycles. The molecule has 2 aromatic carbocycles. The molecule has 0 spiro atoms. The van der Waals surface area contributed by atoms with E-state index in [0.717, 1.165) is 65.3 Å². The van der Waals surface area contributed by atoms with Crippen molar-refractivity contribution >= 4 is 28.4 Å². The molecule has 1 aliphatic carbocycles. The van der Waals surface area contributed by atoms with Gasteiger partial charge in [-0.1, -0.05) is 49.7 Å². The van der Waals surface area contributed by atoms with E-state index < -0.39 is 5.97 Å². The van der Waals surface area contributed by atoms with Gasteiger partial charge in [-0.3, -0.25) is 0 Å². The molecule has 0 bridgehead atoms. The van der Waals surface area contributed by atoms with Crippen LogP contribution in [0.4, 0.5) is 0 Å². The van der Waals surface area contributed by atoms with Gasteiger partial charge >= 0.3 is 11.9 Å². The summed E-state index contributed by atoms with van der Waals surface area (Å²) in [5, 5.41) is 10.6. The van der Waals surface area contributed by atoms with Crippen LogP contribution in [0, 0.1) is 0 Å². The quantitative estimate of drug-likeness (QED) is 0.455. The van der Waals surface area contributed by atoms with Gasteiger partial charge in [0.05, 0.1) is 18.2 Å². The molecule has 0 atom stereocenters. The van der Waals surface area contributed by atoms with Gasteiger partial charge < -0.3 is 14.4 Å². The molecule has 0 fully saturated rings. The third kappa shape index (κ3) is 4.07. The van der Waals surface area contributed by atoms with E-state index in [2.05, 4.69) is 23.6 Å². The second-order valence-corrected chi connectivity index (χ2v) is 8.34. The van der Waals surface area contributed by atoms with Crippen molar-refractivity contribution in [3.05, 3.63) is 76.5 Å². The minimum atomic E-state index is -0.939. The summed E-state index contributed by atoms with van der Waals surface area (Å²) in [6.07, 6.45) is 5.40. The standard InChI is InChI=1S/C27H29NO4/c1-3-4-13-23-25(20-11-8-12-21(20)27(31)32-2)22-15-14-19(26(29)30)16-24(22)28(23)17-18-9-6-5-7-10-18/h5-7,9-10,14-16H,3-4,8,11-13,17H2,1-2H3,(H,29,30). The molecule has 1 heterocycles. The Balaban J connectivity index is 2.01. The Morgan fingerprint density at radius 3 is 2.56 bits per heavy atom. The molecule has 5 heteroatoms. The summed E-state index contributed by atoms with van der Waals surface area (Å²) >= 11 is 0. The molecule has 32 heavy (non-hydrogen) atoms. The highest BCUT2D eigenvalue weighted by Gasteiger charge is 2.28. The van der Waals surface area contributed by atoms with E-state index in [1.165, 1.54) is 12.8 Å². The molecule has 0 amide bonds. The highest BCUT2D eigenvalue weighted by molar-refractivity contribution is 6.05. The van der Waals surface area contributed by atoms with Crippen LogP contribution in [0.3, 0.4) is 0 Å². The number of benzene rings is 2. The van der Waals surface area contributed by atoms with Crippen LogP contribution in [0.2, 0.25) is 0 Å². The largest absolute Gasteiger partial charge is 0.478 e. The van der Waals surface area contributed by atoms with Crippen LogP contribution in [-0.2, 0) is 22.5 Å². The maximum atomic E-state index is 12.5. The molecule has 0 saturated heterocycles. The fraction of sp³-hybridized carbons (Fsp3) is 0.333. The van der Waals surface area contributed by atoms with E-state index in [1.807, 2.05) is 24.3 Å². The van der Waals surface area contributed by atoms with Crippen LogP contribution < -0.4 is 0 Å². The summed E-state index contributed by atoms with van der Waals surface area (Å²) in [6.45, 7) is 2.82. The number of hydrogen-bond donors (Lipinski definition) is 1. The summed E-state index contributed by atoms with van der Waals surface area (Å²) in [4.78, 5) is 24.3. The second-order valence-electron chi connectivity index (χ2n) is 8.34. The lowest BCUT2D eigenvalue weighted by molar-refractivity contribution is -0.136. The predicted molar refractivity (Wildman–Crippen MR) is 126 cm³/mol. The average Bonchev–Trinajstić information content (AvgIpc) is 3.40. The minimum Gasteiger partial charge on any atom is -0.478 e. The zero-order valence-electron chi connectivity index (χ0n) is 18.7. The van der Waals surface area contributed by atoms with Gasteiger partial charge in [-0.15, -0.1) is 0 Å². The van der Waals surface area contributed by atoms with Crippen molar-refractivity contribution in [2.24, 2.45) is 0 Å². The first-order valence-corrected chi connectivity index (χ1v) is 11.3. The number of unbranched alkanes of at least 4 members (excludes halogenated alkanes) is 1. The van der Waals surface area contributed by atoms with E-state index >= 15 is 0 Å². The van der Waals surface area contributed by atoms with Crippen LogP contribution >= 0.6 is 0 Å². The van der Waals surface area contributed by atoms with Crippen LogP contribution in [0.25, 0.3) is 16.5 Å². The zero-order valence-corrected chi connectivity index (χ0v) is 18.7. The Morgan fingerprint density at radius 2 is 1.88 bits per heavy atom. The summed E-state index contributed by atoms with van der Waals surface area (Å²) in [6, 6.07) is 15.6. The second kappa shape index (κ2) is 9.43. The number of fused-ring (bicyclic) bond motifs is 1. The molecule has 4 rings (SSSR count). The number of rotatable bonds is 8. The van der Waals surface area contributed by atoms with Gasteiger partial charge in [0.1, 0.15) is 0 Å². The van der Waals surface area contributed by atoms with Crippen molar-refractivity contribution in [2.45, 2.75) is 52.0 Å². The van der Waals surface area contributed by atoms with Crippen LogP contribution in [0.5, 0.6) is 0 Å². The van der Waals surface area contributed by atoms with Gasteiger partial charge in [0.2, 0.25) is 0 Å². The molecule has 166 valence electrons. The van der Waals surface area contributed by atoms with Gasteiger partial charge in [0.15, 0.2) is 0 Å². The van der Waals surface area contributed by atoms with Crippen molar-refractivity contribution in [2.75, 3.05) is 7.11 Å². The average molecular weight is 432 g/mol. The van der Waals surface area contributed by atoms with E-state index in [9.17, 15) is 14.7 Å². The van der Waals surface area contributed by atoms with Gasteiger partial charge in [0.25, 0.3) is 0 Å². The normalized spacial score (nSPS) is 13.7. The summed E-state index contributed by atoms with van der Waals surface area (Å²) in [5.74, 6) is -1.20. The number of carboxylic acid groups (broad SMARTS) is 1. The number of aromatic carboxylic acids is 1. The number of ether oxygens (including phenoxy) is 1. The topological polar surface area (TPSA) is 68.5 Å². The number of methoxy groups -OCH3 is 1. The smallest absolute Gasteiger partial charge is 0.335 e. The fourth-order valence-electron chi connectivity index (χ4n) is 4.79. The van der Waals surface area contributed by atoms with E-state index in [0.29, 0.717) is 13.0 Å². The molecule has 0 aliphatic heterocycles. The molecule has 1 N–H and O–H groups in total. The van der Waals surface area contributed by atoms with Gasteiger partial charge in [0, 0.05) is 28.8 Å². The van der Waals surface area contributed by atoms with Crippen molar-refractivity contribution in [3.63, 3.8) is 0 Å². The first-order valence-electron chi connectivity index (χ1n) is 11.3. The van der Waals surface area contributed by atoms with Crippen LogP contribution in [-0.4, -0.2) is 28.7 Å². The minimum absolute atomic E-state index is 0.259. The third-order valence-electron chi connectivity index (χ3n) is 6.32. The molecule has 0 unspecified atom stereocenters. The number of carbonyl (C=O) groups excluding carboxylic acids is 1. The molecule has 1 aromatic heterocycles. The lowest BCUT2D eigenvalue weighted by atomic mass is 9.96. The first kappa shape index (κ1) is 21.9. The maximum absolute atomic E-state index is 12.5. The number of carbonyl (C=O) groups is 2. The molecule has 1 aliphatic rings. The van der Waals surface area contributed by atoms with Gasteiger partial charge in [-0.05, 0) is 55.4 Å². The Kier molecular flexibility index (Phi) is 6.45. The Labute approximate surface area is 188 Å². The maximum Gasteiger partial charge on any atom is 0.335 e. The molecular weight excluding hydrogens is 402 g/mol. The Bertz CT molecular complexity index is 1190. The van der Waals surface area contributed by atoms with Crippen molar-refractivity contribution in [1.82, 2.24) is 4.57 Å². The van der Waals surface area contributed by atoms with E-state index in [1.54, 1.807) is 12.1 Å². The summed E-state index contributed by atoms with van der Waals surface area (Å²) in [7, 11) is 1.43. The van der Waals surface area contributed by atoms with Crippen LogP contribution in [0.1, 0.15) is 66.2 Å². The molecule has 5 nitrogen and oxygen atoms in total.